The van der Waals surface area contributed by atoms with Crippen LogP contribution in [0.25, 0.3) is 0 Å². The molecule has 1 fully saturated rings. The van der Waals surface area contributed by atoms with Crippen molar-refractivity contribution < 1.29 is 4.79 Å². The average Bonchev–Trinajstić information content (AvgIpc) is 2.52. The fourth-order valence-corrected chi connectivity index (χ4v) is 2.54. The minimum Gasteiger partial charge on any atom is -0.386 e. The fraction of sp³-hybridized carbons (Fsp3) is 0.333. The van der Waals surface area contributed by atoms with Crippen LogP contribution in [-0.4, -0.2) is 37.0 Å². The maximum Gasteiger partial charge on any atom is 0.266 e. The second kappa shape index (κ2) is 7.81. The van der Waals surface area contributed by atoms with Crippen LogP contribution in [-0.2, 0) is 11.3 Å². The van der Waals surface area contributed by atoms with Crippen LogP contribution in [0.1, 0.15) is 5.56 Å². The first kappa shape index (κ1) is 15.5. The predicted octanol–water partition coefficient (Wildman–Crippen LogP) is 1.38. The van der Waals surface area contributed by atoms with Crippen molar-refractivity contribution in [3.05, 3.63) is 46.1 Å². The highest BCUT2D eigenvalue weighted by atomic mass is 79.9. The van der Waals surface area contributed by atoms with Crippen molar-refractivity contribution in [3.63, 3.8) is 0 Å². The Hall–Kier alpha value is -1.84. The van der Waals surface area contributed by atoms with E-state index in [9.17, 15) is 4.79 Å². The minimum atomic E-state index is -0.208. The number of benzene rings is 1. The highest BCUT2D eigenvalue weighted by Crippen LogP contribution is 2.11. The number of carbonyl (C=O) groups excluding carboxylic acids is 1. The highest BCUT2D eigenvalue weighted by Gasteiger charge is 2.19. The Morgan fingerprint density at radius 3 is 2.90 bits per heavy atom. The third kappa shape index (κ3) is 4.59. The van der Waals surface area contributed by atoms with Gasteiger partial charge in [-0.3, -0.25) is 4.79 Å². The molecule has 0 bridgehead atoms. The number of hydrogen-bond acceptors (Lipinski definition) is 4. The summed E-state index contributed by atoms with van der Waals surface area (Å²) in [5.74, 6) is -0.208. The molecule has 6 heteroatoms. The second-order valence-corrected chi connectivity index (χ2v) is 5.64. The largest absolute Gasteiger partial charge is 0.386 e. The summed E-state index contributed by atoms with van der Waals surface area (Å²) in [5.41, 5.74) is 1.22. The molecular weight excluding hydrogens is 332 g/mol. The smallest absolute Gasteiger partial charge is 0.266 e. The molecule has 1 aromatic rings. The zero-order valence-corrected chi connectivity index (χ0v) is 13.2. The van der Waals surface area contributed by atoms with Gasteiger partial charge < -0.3 is 15.5 Å². The van der Waals surface area contributed by atoms with Gasteiger partial charge in [0.15, 0.2) is 0 Å². The summed E-state index contributed by atoms with van der Waals surface area (Å²) in [5, 5.41) is 15.4. The van der Waals surface area contributed by atoms with E-state index in [2.05, 4.69) is 26.6 Å². The minimum absolute atomic E-state index is 0.145. The van der Waals surface area contributed by atoms with E-state index in [4.69, 9.17) is 5.26 Å². The number of nitriles is 1. The Bertz CT molecular complexity index is 573. The van der Waals surface area contributed by atoms with Gasteiger partial charge >= 0.3 is 0 Å². The van der Waals surface area contributed by atoms with Crippen LogP contribution < -0.4 is 10.6 Å². The lowest BCUT2D eigenvalue weighted by molar-refractivity contribution is -0.127. The first-order valence-electron chi connectivity index (χ1n) is 6.79. The molecule has 0 atom stereocenters. The van der Waals surface area contributed by atoms with Crippen molar-refractivity contribution in [2.75, 3.05) is 26.2 Å². The molecule has 5 nitrogen and oxygen atoms in total. The third-order valence-electron chi connectivity index (χ3n) is 3.20. The molecule has 1 aliphatic rings. The van der Waals surface area contributed by atoms with Gasteiger partial charge in [-0.25, -0.2) is 0 Å². The van der Waals surface area contributed by atoms with Gasteiger partial charge in [-0.15, -0.1) is 0 Å². The maximum atomic E-state index is 12.2. The Kier molecular flexibility index (Phi) is 5.78. The zero-order chi connectivity index (χ0) is 15.1. The van der Waals surface area contributed by atoms with Crippen molar-refractivity contribution in [1.29, 1.82) is 5.26 Å². The maximum absolute atomic E-state index is 12.2. The topological polar surface area (TPSA) is 68.2 Å². The van der Waals surface area contributed by atoms with E-state index < -0.39 is 0 Å². The number of nitrogens with zero attached hydrogens (tertiary/aromatic N) is 2. The zero-order valence-electron chi connectivity index (χ0n) is 11.6. The van der Waals surface area contributed by atoms with Gasteiger partial charge in [0.25, 0.3) is 5.91 Å². The van der Waals surface area contributed by atoms with Crippen LogP contribution in [0.15, 0.2) is 40.5 Å². The molecule has 0 spiro atoms. The van der Waals surface area contributed by atoms with Crippen LogP contribution in [0.4, 0.5) is 0 Å². The van der Waals surface area contributed by atoms with Crippen molar-refractivity contribution in [2.24, 2.45) is 0 Å². The van der Waals surface area contributed by atoms with Gasteiger partial charge in [-0.1, -0.05) is 28.1 Å². The Morgan fingerprint density at radius 1 is 1.48 bits per heavy atom. The lowest BCUT2D eigenvalue weighted by Gasteiger charge is -2.27. The predicted molar refractivity (Wildman–Crippen MR) is 84.1 cm³/mol. The Labute approximate surface area is 132 Å². The molecule has 1 aromatic carbocycles. The number of amides is 1. The number of rotatable bonds is 4. The van der Waals surface area contributed by atoms with E-state index >= 15 is 0 Å². The van der Waals surface area contributed by atoms with Gasteiger partial charge in [-0.2, -0.15) is 5.26 Å². The summed E-state index contributed by atoms with van der Waals surface area (Å²) in [7, 11) is 0. The molecule has 1 aliphatic heterocycles. The summed E-state index contributed by atoms with van der Waals surface area (Å²) < 4.78 is 1.00. The quantitative estimate of drug-likeness (QED) is 0.637. The standard InChI is InChI=1S/C15H17BrN4O/c16-14-3-1-2-12(8-14)10-19-11-13(9-17)15(21)20-6-4-18-5-7-20/h1-3,8,11,18-19H,4-7,10H2/b13-11-. The fourth-order valence-electron chi connectivity index (χ4n) is 2.10. The Morgan fingerprint density at radius 2 is 2.24 bits per heavy atom. The summed E-state index contributed by atoms with van der Waals surface area (Å²) in [6.45, 7) is 3.40. The van der Waals surface area contributed by atoms with E-state index in [-0.39, 0.29) is 11.5 Å². The van der Waals surface area contributed by atoms with Gasteiger partial charge in [0.1, 0.15) is 11.6 Å². The average molecular weight is 349 g/mol. The monoisotopic (exact) mass is 348 g/mol. The molecule has 1 saturated heterocycles. The number of carbonyl (C=O) groups is 1. The van der Waals surface area contributed by atoms with E-state index in [1.165, 1.54) is 6.20 Å². The molecule has 110 valence electrons. The van der Waals surface area contributed by atoms with Gasteiger partial charge in [0, 0.05) is 43.4 Å². The molecule has 1 heterocycles. The molecule has 0 aliphatic carbocycles. The molecule has 2 N–H and O–H groups in total. The molecule has 0 radical (unpaired) electrons. The number of halogens is 1. The van der Waals surface area contributed by atoms with Crippen LogP contribution >= 0.6 is 15.9 Å². The normalized spacial score (nSPS) is 15.4. The summed E-state index contributed by atoms with van der Waals surface area (Å²) in [4.78, 5) is 13.9. The van der Waals surface area contributed by atoms with Crippen molar-refractivity contribution in [3.8, 4) is 6.07 Å². The van der Waals surface area contributed by atoms with Crippen LogP contribution in [0.5, 0.6) is 0 Å². The number of nitrogens with one attached hydrogen (secondary N) is 2. The van der Waals surface area contributed by atoms with Crippen LogP contribution in [0, 0.1) is 11.3 Å². The van der Waals surface area contributed by atoms with Crippen LogP contribution in [0.3, 0.4) is 0 Å². The van der Waals surface area contributed by atoms with E-state index in [0.717, 1.165) is 23.1 Å². The highest BCUT2D eigenvalue weighted by molar-refractivity contribution is 9.10. The van der Waals surface area contributed by atoms with E-state index in [0.29, 0.717) is 19.6 Å². The molecular formula is C15H17BrN4O. The molecule has 0 aromatic heterocycles. The first-order chi connectivity index (χ1) is 10.2. The summed E-state index contributed by atoms with van der Waals surface area (Å²) >= 11 is 3.41. The molecule has 0 saturated carbocycles. The lowest BCUT2D eigenvalue weighted by Crippen LogP contribution is -2.46. The van der Waals surface area contributed by atoms with E-state index in [1.54, 1.807) is 4.90 Å². The molecule has 21 heavy (non-hydrogen) atoms. The Balaban J connectivity index is 1.94. The van der Waals surface area contributed by atoms with Crippen molar-refractivity contribution in [1.82, 2.24) is 15.5 Å². The lowest BCUT2D eigenvalue weighted by atomic mass is 10.2. The summed E-state index contributed by atoms with van der Waals surface area (Å²) in [6.07, 6.45) is 1.51. The number of hydrogen-bond donors (Lipinski definition) is 2. The SMILES string of the molecule is N#C/C(=C/NCc1cccc(Br)c1)C(=O)N1CCNCC1. The molecule has 1 amide bonds. The summed E-state index contributed by atoms with van der Waals surface area (Å²) in [6, 6.07) is 9.85. The van der Waals surface area contributed by atoms with Gasteiger partial charge in [0.2, 0.25) is 0 Å². The number of piperazine rings is 1. The van der Waals surface area contributed by atoms with Gasteiger partial charge in [0.05, 0.1) is 0 Å². The van der Waals surface area contributed by atoms with Crippen molar-refractivity contribution in [2.45, 2.75) is 6.54 Å². The van der Waals surface area contributed by atoms with E-state index in [1.807, 2.05) is 30.3 Å². The third-order valence-corrected chi connectivity index (χ3v) is 3.69. The van der Waals surface area contributed by atoms with Crippen molar-refractivity contribution >= 4 is 21.8 Å². The molecule has 2 rings (SSSR count). The van der Waals surface area contributed by atoms with Gasteiger partial charge in [-0.05, 0) is 17.7 Å². The first-order valence-corrected chi connectivity index (χ1v) is 7.58. The molecule has 0 unspecified atom stereocenters. The van der Waals surface area contributed by atoms with Crippen LogP contribution in [0.2, 0.25) is 0 Å². The second-order valence-electron chi connectivity index (χ2n) is 4.72.